The molecule has 0 fully saturated rings. The standard InChI is InChI=1S/C11H11N3/c12-11(13)9-4-1-3-8(7-9)10-5-2-6-14-10/h1-7,14H,(H3,12,13). The lowest BCUT2D eigenvalue weighted by molar-refractivity contribution is 1.39. The van der Waals surface area contributed by atoms with Gasteiger partial charge in [-0.05, 0) is 23.8 Å². The highest BCUT2D eigenvalue weighted by Crippen LogP contribution is 2.17. The maximum absolute atomic E-state index is 7.33. The molecule has 1 aromatic heterocycles. The van der Waals surface area contributed by atoms with E-state index in [-0.39, 0.29) is 5.84 Å². The number of hydrogen-bond donors (Lipinski definition) is 3. The second-order valence-electron chi connectivity index (χ2n) is 3.08. The van der Waals surface area contributed by atoms with Gasteiger partial charge >= 0.3 is 0 Å². The minimum Gasteiger partial charge on any atom is -0.384 e. The number of rotatable bonds is 2. The van der Waals surface area contributed by atoms with Crippen molar-refractivity contribution in [2.45, 2.75) is 0 Å². The van der Waals surface area contributed by atoms with Crippen molar-refractivity contribution in [3.63, 3.8) is 0 Å². The molecule has 1 aromatic carbocycles. The van der Waals surface area contributed by atoms with Crippen LogP contribution in [0.5, 0.6) is 0 Å². The molecule has 0 amide bonds. The minimum absolute atomic E-state index is 0.0957. The molecule has 70 valence electrons. The van der Waals surface area contributed by atoms with E-state index >= 15 is 0 Å². The summed E-state index contributed by atoms with van der Waals surface area (Å²) < 4.78 is 0. The molecule has 0 unspecified atom stereocenters. The van der Waals surface area contributed by atoms with E-state index < -0.39 is 0 Å². The Hall–Kier alpha value is -2.03. The summed E-state index contributed by atoms with van der Waals surface area (Å²) in [6, 6.07) is 11.5. The van der Waals surface area contributed by atoms with Crippen LogP contribution in [-0.2, 0) is 0 Å². The summed E-state index contributed by atoms with van der Waals surface area (Å²) in [7, 11) is 0. The van der Waals surface area contributed by atoms with E-state index in [1.807, 2.05) is 42.6 Å². The quantitative estimate of drug-likeness (QED) is 0.486. The van der Waals surface area contributed by atoms with Gasteiger partial charge in [0.25, 0.3) is 0 Å². The fourth-order valence-corrected chi connectivity index (χ4v) is 1.36. The lowest BCUT2D eigenvalue weighted by Gasteiger charge is -2.01. The van der Waals surface area contributed by atoms with E-state index in [0.717, 1.165) is 16.8 Å². The highest BCUT2D eigenvalue weighted by Gasteiger charge is 2.00. The van der Waals surface area contributed by atoms with E-state index in [1.165, 1.54) is 0 Å². The number of aromatic nitrogens is 1. The molecule has 0 atom stereocenters. The molecular formula is C11H11N3. The average molecular weight is 185 g/mol. The Labute approximate surface area is 82.1 Å². The van der Waals surface area contributed by atoms with Gasteiger partial charge in [-0.2, -0.15) is 0 Å². The third-order valence-corrected chi connectivity index (χ3v) is 2.08. The summed E-state index contributed by atoms with van der Waals surface area (Å²) in [4.78, 5) is 3.11. The summed E-state index contributed by atoms with van der Waals surface area (Å²) in [6.07, 6.45) is 1.87. The fourth-order valence-electron chi connectivity index (χ4n) is 1.36. The number of aromatic amines is 1. The van der Waals surface area contributed by atoms with Crippen LogP contribution in [0.1, 0.15) is 5.56 Å². The highest BCUT2D eigenvalue weighted by atomic mass is 14.7. The van der Waals surface area contributed by atoms with Gasteiger partial charge in [0.1, 0.15) is 5.84 Å². The molecule has 0 aliphatic rings. The monoisotopic (exact) mass is 185 g/mol. The van der Waals surface area contributed by atoms with E-state index in [0.29, 0.717) is 0 Å². The lowest BCUT2D eigenvalue weighted by Crippen LogP contribution is -2.10. The second-order valence-corrected chi connectivity index (χ2v) is 3.08. The van der Waals surface area contributed by atoms with Crippen LogP contribution in [0.15, 0.2) is 42.6 Å². The molecule has 3 nitrogen and oxygen atoms in total. The number of nitrogen functional groups attached to an aromatic ring is 1. The lowest BCUT2D eigenvalue weighted by atomic mass is 10.1. The second kappa shape index (κ2) is 3.38. The number of H-pyrrole nitrogens is 1. The minimum atomic E-state index is 0.0957. The third-order valence-electron chi connectivity index (χ3n) is 2.08. The summed E-state index contributed by atoms with van der Waals surface area (Å²) in [5, 5.41) is 7.33. The SMILES string of the molecule is N=C(N)c1cccc(-c2ccc[nH]2)c1. The summed E-state index contributed by atoms with van der Waals surface area (Å²) >= 11 is 0. The number of nitrogens with two attached hydrogens (primary N) is 1. The van der Waals surface area contributed by atoms with Crippen LogP contribution in [0.3, 0.4) is 0 Å². The molecule has 0 saturated carbocycles. The zero-order chi connectivity index (χ0) is 9.97. The molecule has 0 bridgehead atoms. The number of nitrogens with one attached hydrogen (secondary N) is 2. The number of benzene rings is 1. The van der Waals surface area contributed by atoms with Crippen LogP contribution in [-0.4, -0.2) is 10.8 Å². The number of hydrogen-bond acceptors (Lipinski definition) is 1. The zero-order valence-electron chi connectivity index (χ0n) is 7.62. The fraction of sp³-hybridized carbons (Fsp3) is 0. The molecule has 0 aliphatic carbocycles. The molecule has 0 saturated heterocycles. The Balaban J connectivity index is 2.46. The largest absolute Gasteiger partial charge is 0.384 e. The van der Waals surface area contributed by atoms with Crippen molar-refractivity contribution < 1.29 is 0 Å². The van der Waals surface area contributed by atoms with Gasteiger partial charge in [-0.1, -0.05) is 18.2 Å². The molecule has 4 N–H and O–H groups in total. The molecule has 0 aliphatic heterocycles. The van der Waals surface area contributed by atoms with Gasteiger partial charge in [-0.3, -0.25) is 5.41 Å². The Bertz CT molecular complexity index is 443. The molecular weight excluding hydrogens is 174 g/mol. The first kappa shape index (κ1) is 8.56. The van der Waals surface area contributed by atoms with Crippen LogP contribution < -0.4 is 5.73 Å². The average Bonchev–Trinajstić information content (AvgIpc) is 2.71. The maximum atomic E-state index is 7.33. The van der Waals surface area contributed by atoms with Crippen LogP contribution in [0.4, 0.5) is 0 Å². The molecule has 3 heteroatoms. The van der Waals surface area contributed by atoms with Crippen LogP contribution in [0.25, 0.3) is 11.3 Å². The van der Waals surface area contributed by atoms with E-state index in [9.17, 15) is 0 Å². The van der Waals surface area contributed by atoms with Crippen LogP contribution in [0.2, 0.25) is 0 Å². The van der Waals surface area contributed by atoms with Crippen molar-refractivity contribution in [1.82, 2.24) is 4.98 Å². The van der Waals surface area contributed by atoms with Gasteiger partial charge in [-0.15, -0.1) is 0 Å². The van der Waals surface area contributed by atoms with Gasteiger partial charge in [-0.25, -0.2) is 0 Å². The van der Waals surface area contributed by atoms with E-state index in [2.05, 4.69) is 4.98 Å². The van der Waals surface area contributed by atoms with Crippen molar-refractivity contribution in [1.29, 1.82) is 5.41 Å². The van der Waals surface area contributed by atoms with E-state index in [4.69, 9.17) is 11.1 Å². The first-order valence-corrected chi connectivity index (χ1v) is 4.35. The molecule has 1 heterocycles. The predicted molar refractivity (Wildman–Crippen MR) is 57.2 cm³/mol. The van der Waals surface area contributed by atoms with Crippen molar-refractivity contribution in [3.05, 3.63) is 48.2 Å². The van der Waals surface area contributed by atoms with Gasteiger partial charge in [0, 0.05) is 17.5 Å². The first-order valence-electron chi connectivity index (χ1n) is 4.35. The normalized spacial score (nSPS) is 10.0. The molecule has 14 heavy (non-hydrogen) atoms. The third kappa shape index (κ3) is 1.52. The topological polar surface area (TPSA) is 65.7 Å². The van der Waals surface area contributed by atoms with Crippen LogP contribution in [0, 0.1) is 5.41 Å². The van der Waals surface area contributed by atoms with Crippen molar-refractivity contribution in [2.24, 2.45) is 5.73 Å². The zero-order valence-corrected chi connectivity index (χ0v) is 7.62. The predicted octanol–water partition coefficient (Wildman–Crippen LogP) is 1.97. The smallest absolute Gasteiger partial charge is 0.122 e. The van der Waals surface area contributed by atoms with E-state index in [1.54, 1.807) is 0 Å². The highest BCUT2D eigenvalue weighted by molar-refractivity contribution is 5.96. The van der Waals surface area contributed by atoms with Gasteiger partial charge < -0.3 is 10.7 Å². The van der Waals surface area contributed by atoms with Gasteiger partial charge in [0.05, 0.1) is 0 Å². The van der Waals surface area contributed by atoms with Gasteiger partial charge in [0.15, 0.2) is 0 Å². The van der Waals surface area contributed by atoms with Crippen molar-refractivity contribution in [2.75, 3.05) is 0 Å². The summed E-state index contributed by atoms with van der Waals surface area (Å²) in [6.45, 7) is 0. The maximum Gasteiger partial charge on any atom is 0.122 e. The van der Waals surface area contributed by atoms with Gasteiger partial charge in [0.2, 0.25) is 0 Å². The summed E-state index contributed by atoms with van der Waals surface area (Å²) in [5.41, 5.74) is 8.24. The van der Waals surface area contributed by atoms with Crippen molar-refractivity contribution in [3.8, 4) is 11.3 Å². The summed E-state index contributed by atoms with van der Waals surface area (Å²) in [5.74, 6) is 0.0957. The Morgan fingerprint density at radius 3 is 2.71 bits per heavy atom. The van der Waals surface area contributed by atoms with Crippen molar-refractivity contribution >= 4 is 5.84 Å². The Kier molecular flexibility index (Phi) is 2.07. The Morgan fingerprint density at radius 1 is 1.21 bits per heavy atom. The van der Waals surface area contributed by atoms with Crippen LogP contribution >= 0.6 is 0 Å². The number of amidine groups is 1. The first-order chi connectivity index (χ1) is 6.77. The molecule has 0 spiro atoms. The Morgan fingerprint density at radius 2 is 2.07 bits per heavy atom. The molecule has 2 aromatic rings. The molecule has 2 rings (SSSR count). The molecule has 0 radical (unpaired) electrons.